The van der Waals surface area contributed by atoms with Gasteiger partial charge in [-0.3, -0.25) is 0 Å². The molecule has 2 rings (SSSR count). The van der Waals surface area contributed by atoms with E-state index in [4.69, 9.17) is 0 Å². The lowest BCUT2D eigenvalue weighted by atomic mass is 10.2. The van der Waals surface area contributed by atoms with Crippen LogP contribution in [0, 0.1) is 11.8 Å². The van der Waals surface area contributed by atoms with Crippen molar-refractivity contribution in [1.29, 1.82) is 0 Å². The predicted molar refractivity (Wildman–Crippen MR) is 43.3 cm³/mol. The summed E-state index contributed by atoms with van der Waals surface area (Å²) in [5.74, 6) is 2.31. The maximum Gasteiger partial charge on any atom is 0.0141 e. The van der Waals surface area contributed by atoms with Crippen molar-refractivity contribution in [2.45, 2.75) is 29.6 Å². The Kier molecular flexibility index (Phi) is 1.28. The van der Waals surface area contributed by atoms with Crippen LogP contribution in [-0.4, -0.2) is 3.92 Å². The van der Waals surface area contributed by atoms with Gasteiger partial charge in [0.15, 0.2) is 0 Å². The van der Waals surface area contributed by atoms with Crippen LogP contribution in [0.25, 0.3) is 0 Å². The molecule has 0 spiro atoms. The fraction of sp³-hybridized carbons (Fsp3) is 1.00. The van der Waals surface area contributed by atoms with Crippen LogP contribution in [0.3, 0.4) is 0 Å². The van der Waals surface area contributed by atoms with E-state index in [9.17, 15) is 0 Å². The van der Waals surface area contributed by atoms with Gasteiger partial charge in [-0.25, -0.2) is 0 Å². The van der Waals surface area contributed by atoms with Gasteiger partial charge in [0.25, 0.3) is 0 Å². The Balaban J connectivity index is 1.69. The van der Waals surface area contributed by atoms with Crippen LogP contribution in [0.1, 0.15) is 25.7 Å². The zero-order valence-electron chi connectivity index (χ0n) is 4.94. The van der Waals surface area contributed by atoms with Crippen LogP contribution < -0.4 is 0 Å². The maximum absolute atomic E-state index is 2.58. The van der Waals surface area contributed by atoms with E-state index in [1.165, 1.54) is 12.3 Å². The molecule has 0 amide bonds. The van der Waals surface area contributed by atoms with Crippen molar-refractivity contribution >= 4 is 22.6 Å². The smallest absolute Gasteiger partial charge is 0.0141 e. The van der Waals surface area contributed by atoms with Crippen molar-refractivity contribution < 1.29 is 0 Å². The second-order valence-electron chi connectivity index (χ2n) is 3.19. The molecule has 2 unspecified atom stereocenters. The normalized spacial score (nSPS) is 44.6. The average Bonchev–Trinajstić information content (AvgIpc) is 2.52. The number of rotatable bonds is 2. The zero-order chi connectivity index (χ0) is 5.56. The molecule has 46 valence electrons. The van der Waals surface area contributed by atoms with E-state index in [0.29, 0.717) is 0 Å². The molecule has 0 radical (unpaired) electrons. The van der Waals surface area contributed by atoms with Gasteiger partial charge in [0.05, 0.1) is 0 Å². The molecule has 2 aliphatic carbocycles. The van der Waals surface area contributed by atoms with Crippen LogP contribution >= 0.6 is 22.6 Å². The second-order valence-corrected chi connectivity index (χ2v) is 4.79. The molecular weight excluding hydrogens is 211 g/mol. The van der Waals surface area contributed by atoms with E-state index in [2.05, 4.69) is 22.6 Å². The van der Waals surface area contributed by atoms with E-state index in [1.54, 1.807) is 19.3 Å². The summed E-state index contributed by atoms with van der Waals surface area (Å²) >= 11 is 2.58. The minimum Gasteiger partial charge on any atom is -0.0823 e. The molecule has 0 N–H and O–H groups in total. The summed E-state index contributed by atoms with van der Waals surface area (Å²) in [6.45, 7) is 0. The molecule has 8 heavy (non-hydrogen) atoms. The van der Waals surface area contributed by atoms with Crippen molar-refractivity contribution in [2.24, 2.45) is 11.8 Å². The highest BCUT2D eigenvalue weighted by atomic mass is 127. The lowest BCUT2D eigenvalue weighted by Gasteiger charge is -1.88. The Labute approximate surface area is 64.2 Å². The molecule has 2 saturated carbocycles. The minimum atomic E-state index is 1.06. The second kappa shape index (κ2) is 1.86. The van der Waals surface area contributed by atoms with Crippen molar-refractivity contribution in [2.75, 3.05) is 0 Å². The molecule has 0 bridgehead atoms. The van der Waals surface area contributed by atoms with E-state index in [0.717, 1.165) is 9.84 Å². The van der Waals surface area contributed by atoms with Crippen LogP contribution in [0.2, 0.25) is 0 Å². The van der Waals surface area contributed by atoms with Crippen LogP contribution in [0.4, 0.5) is 0 Å². The van der Waals surface area contributed by atoms with Crippen LogP contribution in [0.5, 0.6) is 0 Å². The highest BCUT2D eigenvalue weighted by molar-refractivity contribution is 14.1. The Morgan fingerprint density at radius 2 is 2.00 bits per heavy atom. The summed E-state index contributed by atoms with van der Waals surface area (Å²) in [4.78, 5) is 0. The molecule has 0 nitrogen and oxygen atoms in total. The molecule has 2 aliphatic rings. The van der Waals surface area contributed by atoms with Crippen LogP contribution in [0.15, 0.2) is 0 Å². The van der Waals surface area contributed by atoms with Gasteiger partial charge in [0, 0.05) is 3.92 Å². The standard InChI is InChI=1S/C7H11I/c8-7-4-6(7)3-5-1-2-5/h5-7H,1-4H2. The van der Waals surface area contributed by atoms with Crippen molar-refractivity contribution in [3.05, 3.63) is 0 Å². The molecule has 2 fully saturated rings. The Bertz CT molecular complexity index is 96.6. The maximum atomic E-state index is 2.58. The first-order chi connectivity index (χ1) is 3.86. The highest BCUT2D eigenvalue weighted by Crippen LogP contribution is 2.48. The SMILES string of the molecule is IC1CC1CC1CC1. The molecule has 0 aromatic heterocycles. The Morgan fingerprint density at radius 1 is 1.38 bits per heavy atom. The first kappa shape index (κ1) is 5.51. The van der Waals surface area contributed by atoms with Crippen LogP contribution in [-0.2, 0) is 0 Å². The molecule has 0 aliphatic heterocycles. The molecule has 2 atom stereocenters. The fourth-order valence-electron chi connectivity index (χ4n) is 1.24. The van der Waals surface area contributed by atoms with E-state index in [-0.39, 0.29) is 0 Å². The van der Waals surface area contributed by atoms with E-state index in [1.807, 2.05) is 0 Å². The van der Waals surface area contributed by atoms with Gasteiger partial charge in [0.2, 0.25) is 0 Å². The van der Waals surface area contributed by atoms with E-state index < -0.39 is 0 Å². The summed E-state index contributed by atoms with van der Waals surface area (Å²) in [5, 5.41) is 0. The number of halogens is 1. The summed E-state index contributed by atoms with van der Waals surface area (Å²) in [6, 6.07) is 0. The molecule has 0 heterocycles. The summed E-state index contributed by atoms with van der Waals surface area (Å²) < 4.78 is 1.06. The van der Waals surface area contributed by atoms with Gasteiger partial charge in [-0.1, -0.05) is 35.4 Å². The topological polar surface area (TPSA) is 0 Å². The van der Waals surface area contributed by atoms with Gasteiger partial charge in [-0.15, -0.1) is 0 Å². The first-order valence-electron chi connectivity index (χ1n) is 3.50. The molecule has 0 aromatic rings. The number of hydrogen-bond acceptors (Lipinski definition) is 0. The summed E-state index contributed by atoms with van der Waals surface area (Å²) in [5.41, 5.74) is 0. The largest absolute Gasteiger partial charge is 0.0823 e. The van der Waals surface area contributed by atoms with Crippen molar-refractivity contribution in [3.63, 3.8) is 0 Å². The Morgan fingerprint density at radius 3 is 2.38 bits per heavy atom. The average molecular weight is 222 g/mol. The number of hydrogen-bond donors (Lipinski definition) is 0. The van der Waals surface area contributed by atoms with E-state index >= 15 is 0 Å². The predicted octanol–water partition coefficient (Wildman–Crippen LogP) is 2.61. The quantitative estimate of drug-likeness (QED) is 0.497. The van der Waals surface area contributed by atoms with Gasteiger partial charge in [-0.2, -0.15) is 0 Å². The molecule has 1 heteroatoms. The molecular formula is C7H11I. The Hall–Kier alpha value is 0.730. The monoisotopic (exact) mass is 222 g/mol. The highest BCUT2D eigenvalue weighted by Gasteiger charge is 2.38. The third-order valence-electron chi connectivity index (χ3n) is 2.17. The van der Waals surface area contributed by atoms with Crippen molar-refractivity contribution in [3.8, 4) is 0 Å². The third-order valence-corrected chi connectivity index (χ3v) is 3.69. The third kappa shape index (κ3) is 1.17. The van der Waals surface area contributed by atoms with Gasteiger partial charge < -0.3 is 0 Å². The molecule has 0 saturated heterocycles. The lowest BCUT2D eigenvalue weighted by Crippen LogP contribution is -1.80. The van der Waals surface area contributed by atoms with Gasteiger partial charge in [0.1, 0.15) is 0 Å². The fourth-order valence-corrected chi connectivity index (χ4v) is 2.18. The number of alkyl halides is 1. The minimum absolute atomic E-state index is 1.06. The summed E-state index contributed by atoms with van der Waals surface area (Å²) in [6.07, 6.45) is 6.17. The zero-order valence-corrected chi connectivity index (χ0v) is 7.10. The van der Waals surface area contributed by atoms with Crippen molar-refractivity contribution in [1.82, 2.24) is 0 Å². The lowest BCUT2D eigenvalue weighted by molar-refractivity contribution is 0.657. The van der Waals surface area contributed by atoms with Gasteiger partial charge >= 0.3 is 0 Å². The summed E-state index contributed by atoms with van der Waals surface area (Å²) in [7, 11) is 0. The van der Waals surface area contributed by atoms with Gasteiger partial charge in [-0.05, 0) is 24.7 Å². The molecule has 0 aromatic carbocycles. The first-order valence-corrected chi connectivity index (χ1v) is 4.75.